The highest BCUT2D eigenvalue weighted by Crippen LogP contribution is 2.11. The van der Waals surface area contributed by atoms with Gasteiger partial charge in [-0.25, -0.2) is 4.98 Å². The second kappa shape index (κ2) is 7.22. The molecular formula is C14H25N3S. The Labute approximate surface area is 115 Å². The Morgan fingerprint density at radius 1 is 1.39 bits per heavy atom. The van der Waals surface area contributed by atoms with Gasteiger partial charge in [0.25, 0.3) is 0 Å². The number of nitrogens with zero attached hydrogens (tertiary/aromatic N) is 2. The summed E-state index contributed by atoms with van der Waals surface area (Å²) < 4.78 is 0. The van der Waals surface area contributed by atoms with Crippen LogP contribution in [-0.2, 0) is 13.0 Å². The molecule has 1 saturated heterocycles. The third-order valence-electron chi connectivity index (χ3n) is 3.51. The zero-order chi connectivity index (χ0) is 12.8. The lowest BCUT2D eigenvalue weighted by Gasteiger charge is -2.29. The predicted molar refractivity (Wildman–Crippen MR) is 78.1 cm³/mol. The van der Waals surface area contributed by atoms with E-state index in [-0.39, 0.29) is 0 Å². The lowest BCUT2D eigenvalue weighted by Crippen LogP contribution is -2.41. The van der Waals surface area contributed by atoms with E-state index in [0.29, 0.717) is 6.04 Å². The SMILES string of the molecule is CCc1nc(CNC(C)CN2CCCCC2)cs1. The van der Waals surface area contributed by atoms with E-state index in [1.54, 1.807) is 11.3 Å². The van der Waals surface area contributed by atoms with Gasteiger partial charge < -0.3 is 10.2 Å². The average Bonchev–Trinajstić information content (AvgIpc) is 2.85. The number of aromatic nitrogens is 1. The second-order valence-electron chi connectivity index (χ2n) is 5.23. The first kappa shape index (κ1) is 14.0. The quantitative estimate of drug-likeness (QED) is 0.859. The molecule has 0 saturated carbocycles. The number of nitrogens with one attached hydrogen (secondary N) is 1. The van der Waals surface area contributed by atoms with Crippen molar-refractivity contribution in [1.29, 1.82) is 0 Å². The monoisotopic (exact) mass is 267 g/mol. The summed E-state index contributed by atoms with van der Waals surface area (Å²) in [6.07, 6.45) is 5.21. The molecule has 1 N–H and O–H groups in total. The van der Waals surface area contributed by atoms with Crippen molar-refractivity contribution < 1.29 is 0 Å². The van der Waals surface area contributed by atoms with Crippen molar-refractivity contribution in [2.75, 3.05) is 19.6 Å². The van der Waals surface area contributed by atoms with Crippen LogP contribution in [0.4, 0.5) is 0 Å². The van der Waals surface area contributed by atoms with Crippen molar-refractivity contribution in [2.24, 2.45) is 0 Å². The molecule has 0 aromatic carbocycles. The maximum atomic E-state index is 4.59. The fourth-order valence-corrected chi connectivity index (χ4v) is 3.21. The average molecular weight is 267 g/mol. The lowest BCUT2D eigenvalue weighted by molar-refractivity contribution is 0.208. The molecule has 1 fully saturated rings. The molecule has 0 spiro atoms. The summed E-state index contributed by atoms with van der Waals surface area (Å²) in [7, 11) is 0. The molecular weight excluding hydrogens is 242 g/mol. The Morgan fingerprint density at radius 3 is 2.83 bits per heavy atom. The Hall–Kier alpha value is -0.450. The molecule has 0 amide bonds. The summed E-state index contributed by atoms with van der Waals surface area (Å²) >= 11 is 1.78. The zero-order valence-corrected chi connectivity index (χ0v) is 12.4. The number of aryl methyl sites for hydroxylation is 1. The van der Waals surface area contributed by atoms with Gasteiger partial charge in [-0.15, -0.1) is 11.3 Å². The molecule has 1 aromatic rings. The van der Waals surface area contributed by atoms with Crippen LogP contribution in [0, 0.1) is 0 Å². The van der Waals surface area contributed by atoms with Gasteiger partial charge in [0.2, 0.25) is 0 Å². The van der Waals surface area contributed by atoms with Gasteiger partial charge in [-0.05, 0) is 39.3 Å². The zero-order valence-electron chi connectivity index (χ0n) is 11.6. The summed E-state index contributed by atoms with van der Waals surface area (Å²) in [6.45, 7) is 9.08. The molecule has 4 heteroatoms. The van der Waals surface area contributed by atoms with Crippen LogP contribution in [0.15, 0.2) is 5.38 Å². The van der Waals surface area contributed by atoms with Crippen LogP contribution in [0.1, 0.15) is 43.8 Å². The highest BCUT2D eigenvalue weighted by Gasteiger charge is 2.13. The highest BCUT2D eigenvalue weighted by atomic mass is 32.1. The summed E-state index contributed by atoms with van der Waals surface area (Å²) in [6, 6.07) is 0.551. The molecule has 1 atom stereocenters. The molecule has 18 heavy (non-hydrogen) atoms. The first-order valence-electron chi connectivity index (χ1n) is 7.17. The number of likely N-dealkylation sites (tertiary alicyclic amines) is 1. The van der Waals surface area contributed by atoms with E-state index in [0.717, 1.165) is 13.0 Å². The lowest BCUT2D eigenvalue weighted by atomic mass is 10.1. The molecule has 3 nitrogen and oxygen atoms in total. The van der Waals surface area contributed by atoms with Gasteiger partial charge >= 0.3 is 0 Å². The smallest absolute Gasteiger partial charge is 0.0926 e. The summed E-state index contributed by atoms with van der Waals surface area (Å²) in [5.41, 5.74) is 1.20. The van der Waals surface area contributed by atoms with Gasteiger partial charge in [0, 0.05) is 24.5 Å². The van der Waals surface area contributed by atoms with Crippen LogP contribution in [-0.4, -0.2) is 35.6 Å². The van der Waals surface area contributed by atoms with Crippen molar-refractivity contribution in [3.05, 3.63) is 16.1 Å². The normalized spacial score (nSPS) is 19.0. The molecule has 1 aromatic heterocycles. The largest absolute Gasteiger partial charge is 0.307 e. The van der Waals surface area contributed by atoms with Gasteiger partial charge in [-0.1, -0.05) is 13.3 Å². The van der Waals surface area contributed by atoms with Crippen molar-refractivity contribution in [3.8, 4) is 0 Å². The van der Waals surface area contributed by atoms with E-state index in [9.17, 15) is 0 Å². The van der Waals surface area contributed by atoms with E-state index in [4.69, 9.17) is 0 Å². The van der Waals surface area contributed by atoms with Crippen molar-refractivity contribution in [3.63, 3.8) is 0 Å². The van der Waals surface area contributed by atoms with Crippen LogP contribution >= 0.6 is 11.3 Å². The third-order valence-corrected chi connectivity index (χ3v) is 4.56. The Bertz CT molecular complexity index is 345. The summed E-state index contributed by atoms with van der Waals surface area (Å²) in [4.78, 5) is 7.17. The predicted octanol–water partition coefficient (Wildman–Crippen LogP) is 2.67. The molecule has 1 aliphatic heterocycles. The third kappa shape index (κ3) is 4.34. The van der Waals surface area contributed by atoms with Gasteiger partial charge in [0.05, 0.1) is 10.7 Å². The minimum Gasteiger partial charge on any atom is -0.307 e. The molecule has 102 valence electrons. The van der Waals surface area contributed by atoms with E-state index in [1.165, 1.54) is 49.6 Å². The molecule has 2 rings (SSSR count). The molecule has 2 heterocycles. The number of thiazole rings is 1. The van der Waals surface area contributed by atoms with E-state index < -0.39 is 0 Å². The topological polar surface area (TPSA) is 28.2 Å². The fraction of sp³-hybridized carbons (Fsp3) is 0.786. The maximum absolute atomic E-state index is 4.59. The molecule has 1 aliphatic rings. The highest BCUT2D eigenvalue weighted by molar-refractivity contribution is 7.09. The molecule has 1 unspecified atom stereocenters. The first-order valence-corrected chi connectivity index (χ1v) is 8.05. The maximum Gasteiger partial charge on any atom is 0.0926 e. The number of hydrogen-bond donors (Lipinski definition) is 1. The van der Waals surface area contributed by atoms with Crippen LogP contribution in [0.25, 0.3) is 0 Å². The van der Waals surface area contributed by atoms with Gasteiger partial charge in [0.1, 0.15) is 0 Å². The van der Waals surface area contributed by atoms with Crippen molar-refractivity contribution >= 4 is 11.3 Å². The van der Waals surface area contributed by atoms with E-state index >= 15 is 0 Å². The van der Waals surface area contributed by atoms with E-state index in [2.05, 4.69) is 34.4 Å². The fourth-order valence-electron chi connectivity index (χ4n) is 2.47. The van der Waals surface area contributed by atoms with Crippen LogP contribution in [0.5, 0.6) is 0 Å². The summed E-state index contributed by atoms with van der Waals surface area (Å²) in [5.74, 6) is 0. The van der Waals surface area contributed by atoms with Gasteiger partial charge in [-0.2, -0.15) is 0 Å². The Morgan fingerprint density at radius 2 is 2.17 bits per heavy atom. The van der Waals surface area contributed by atoms with Crippen LogP contribution in [0.3, 0.4) is 0 Å². The van der Waals surface area contributed by atoms with Gasteiger partial charge in [-0.3, -0.25) is 0 Å². The van der Waals surface area contributed by atoms with Crippen LogP contribution in [0.2, 0.25) is 0 Å². The van der Waals surface area contributed by atoms with Crippen molar-refractivity contribution in [1.82, 2.24) is 15.2 Å². The number of hydrogen-bond acceptors (Lipinski definition) is 4. The first-order chi connectivity index (χ1) is 8.78. The molecule has 0 aliphatic carbocycles. The minimum absolute atomic E-state index is 0.551. The van der Waals surface area contributed by atoms with Gasteiger partial charge in [0.15, 0.2) is 0 Å². The second-order valence-corrected chi connectivity index (χ2v) is 6.17. The molecule has 0 bridgehead atoms. The molecule has 0 radical (unpaired) electrons. The number of rotatable bonds is 6. The van der Waals surface area contributed by atoms with Crippen LogP contribution < -0.4 is 5.32 Å². The Kier molecular flexibility index (Phi) is 5.60. The minimum atomic E-state index is 0.551. The summed E-state index contributed by atoms with van der Waals surface area (Å²) in [5, 5.41) is 7.01. The standard InChI is InChI=1S/C14H25N3S/c1-3-14-16-13(11-18-14)9-15-12(2)10-17-7-5-4-6-8-17/h11-12,15H,3-10H2,1-2H3. The van der Waals surface area contributed by atoms with E-state index in [1.807, 2.05) is 0 Å². The number of piperidine rings is 1. The van der Waals surface area contributed by atoms with Crippen molar-refractivity contribution in [2.45, 2.75) is 52.1 Å². The Balaban J connectivity index is 1.68.